The summed E-state index contributed by atoms with van der Waals surface area (Å²) in [4.78, 5) is 2.49. The molecule has 1 aliphatic carbocycles. The van der Waals surface area contributed by atoms with Gasteiger partial charge in [0.25, 0.3) is 0 Å². The van der Waals surface area contributed by atoms with Crippen LogP contribution in [0.3, 0.4) is 0 Å². The van der Waals surface area contributed by atoms with Crippen LogP contribution in [0, 0.1) is 0 Å². The van der Waals surface area contributed by atoms with Crippen LogP contribution in [0.25, 0.3) is 0 Å². The van der Waals surface area contributed by atoms with Gasteiger partial charge in [-0.3, -0.25) is 4.90 Å². The van der Waals surface area contributed by atoms with Crippen molar-refractivity contribution in [2.24, 2.45) is 0 Å². The monoisotopic (exact) mass is 290 g/mol. The summed E-state index contributed by atoms with van der Waals surface area (Å²) in [5.74, 6) is 1.01. The third kappa shape index (κ3) is 4.21. The first-order chi connectivity index (χ1) is 10.2. The van der Waals surface area contributed by atoms with Gasteiger partial charge < -0.3 is 10.1 Å². The number of methoxy groups -OCH3 is 1. The minimum atomic E-state index is 0.386. The third-order valence-electron chi connectivity index (χ3n) is 4.68. The number of hydrogen-bond donors (Lipinski definition) is 1. The molecule has 2 rings (SSSR count). The average molecular weight is 290 g/mol. The fourth-order valence-electron chi connectivity index (χ4n) is 3.36. The van der Waals surface area contributed by atoms with Crippen molar-refractivity contribution in [3.63, 3.8) is 0 Å². The van der Waals surface area contributed by atoms with Crippen molar-refractivity contribution < 1.29 is 4.74 Å². The number of benzene rings is 1. The van der Waals surface area contributed by atoms with Gasteiger partial charge in [0.1, 0.15) is 5.75 Å². The molecule has 0 heterocycles. The van der Waals surface area contributed by atoms with Gasteiger partial charge in [-0.25, -0.2) is 0 Å². The second kappa shape index (κ2) is 7.81. The summed E-state index contributed by atoms with van der Waals surface area (Å²) in [6.07, 6.45) is 5.44. The maximum absolute atomic E-state index is 5.56. The van der Waals surface area contributed by atoms with E-state index >= 15 is 0 Å². The van der Waals surface area contributed by atoms with E-state index in [0.29, 0.717) is 6.04 Å². The van der Waals surface area contributed by atoms with Crippen LogP contribution in [-0.4, -0.2) is 31.6 Å². The first kappa shape index (κ1) is 16.3. The van der Waals surface area contributed by atoms with Gasteiger partial charge in [0.2, 0.25) is 0 Å². The molecule has 0 saturated heterocycles. The fourth-order valence-corrected chi connectivity index (χ4v) is 3.36. The summed E-state index contributed by atoms with van der Waals surface area (Å²) >= 11 is 0. The Labute approximate surface area is 129 Å². The number of rotatable bonds is 7. The van der Waals surface area contributed by atoms with Crippen molar-refractivity contribution >= 4 is 0 Å². The van der Waals surface area contributed by atoms with Gasteiger partial charge in [-0.1, -0.05) is 25.8 Å². The van der Waals surface area contributed by atoms with E-state index in [0.717, 1.165) is 24.9 Å². The van der Waals surface area contributed by atoms with Gasteiger partial charge in [-0.05, 0) is 51.1 Å². The maximum Gasteiger partial charge on any atom is 0.123 e. The minimum absolute atomic E-state index is 0.386. The van der Waals surface area contributed by atoms with Gasteiger partial charge in [0.15, 0.2) is 0 Å². The molecule has 1 saturated carbocycles. The Bertz CT molecular complexity index is 441. The molecule has 21 heavy (non-hydrogen) atoms. The molecule has 1 aromatic carbocycles. The number of ether oxygens (including phenoxy) is 1. The van der Waals surface area contributed by atoms with Crippen LogP contribution in [0.1, 0.15) is 56.7 Å². The summed E-state index contributed by atoms with van der Waals surface area (Å²) in [5, 5.41) is 3.48. The van der Waals surface area contributed by atoms with E-state index in [1.54, 1.807) is 7.11 Å². The van der Waals surface area contributed by atoms with E-state index in [4.69, 9.17) is 4.74 Å². The van der Waals surface area contributed by atoms with Crippen molar-refractivity contribution in [3.8, 4) is 5.75 Å². The molecule has 3 nitrogen and oxygen atoms in total. The lowest BCUT2D eigenvalue weighted by molar-refractivity contribution is 0.234. The maximum atomic E-state index is 5.56. The Hall–Kier alpha value is -1.06. The molecule has 118 valence electrons. The molecule has 0 amide bonds. The first-order valence-electron chi connectivity index (χ1n) is 8.26. The van der Waals surface area contributed by atoms with Crippen LogP contribution in [0.4, 0.5) is 0 Å². The van der Waals surface area contributed by atoms with Crippen molar-refractivity contribution in [2.75, 3.05) is 20.7 Å². The predicted octanol–water partition coefficient (Wildman–Crippen LogP) is 3.74. The van der Waals surface area contributed by atoms with E-state index in [2.05, 4.69) is 49.3 Å². The molecule has 0 radical (unpaired) electrons. The Morgan fingerprint density at radius 1 is 1.33 bits per heavy atom. The average Bonchev–Trinajstić information content (AvgIpc) is 3.01. The molecule has 1 N–H and O–H groups in total. The molecule has 0 bridgehead atoms. The van der Waals surface area contributed by atoms with Crippen molar-refractivity contribution in [1.82, 2.24) is 10.2 Å². The first-order valence-corrected chi connectivity index (χ1v) is 8.26. The van der Waals surface area contributed by atoms with Gasteiger partial charge in [-0.15, -0.1) is 0 Å². The number of nitrogens with one attached hydrogen (secondary N) is 1. The molecule has 1 aliphatic rings. The normalized spacial score (nSPS) is 17.4. The van der Waals surface area contributed by atoms with Crippen molar-refractivity contribution in [1.29, 1.82) is 0 Å². The molecule has 0 aromatic heterocycles. The zero-order chi connectivity index (χ0) is 15.2. The van der Waals surface area contributed by atoms with Crippen LogP contribution in [0.5, 0.6) is 5.75 Å². The zero-order valence-electron chi connectivity index (χ0n) is 14.0. The largest absolute Gasteiger partial charge is 0.496 e. The second-order valence-electron chi connectivity index (χ2n) is 6.20. The third-order valence-corrected chi connectivity index (χ3v) is 4.68. The van der Waals surface area contributed by atoms with Gasteiger partial charge in [0, 0.05) is 24.2 Å². The highest BCUT2D eigenvalue weighted by atomic mass is 16.5. The van der Waals surface area contributed by atoms with Crippen LogP contribution >= 0.6 is 0 Å². The smallest absolute Gasteiger partial charge is 0.123 e. The number of nitrogens with zero attached hydrogens (tertiary/aromatic N) is 1. The summed E-state index contributed by atoms with van der Waals surface area (Å²) in [5.41, 5.74) is 2.64. The molecular formula is C18H30N2O. The standard InChI is InChI=1S/C18H30N2O/c1-5-19-14(2)15-10-11-18(21-4)16(12-15)13-20(3)17-8-6-7-9-17/h10-12,14,17,19H,5-9,13H2,1-4H3. The Balaban J connectivity index is 2.13. The predicted molar refractivity (Wildman–Crippen MR) is 88.8 cm³/mol. The van der Waals surface area contributed by atoms with Crippen LogP contribution in [0.2, 0.25) is 0 Å². The van der Waals surface area contributed by atoms with Gasteiger partial charge >= 0.3 is 0 Å². The molecule has 0 spiro atoms. The van der Waals surface area contributed by atoms with Crippen LogP contribution in [-0.2, 0) is 6.54 Å². The van der Waals surface area contributed by atoms with Crippen molar-refractivity contribution in [2.45, 2.75) is 58.2 Å². The van der Waals surface area contributed by atoms with Crippen LogP contribution in [0.15, 0.2) is 18.2 Å². The summed E-state index contributed by atoms with van der Waals surface area (Å²) in [7, 11) is 4.01. The molecule has 1 atom stereocenters. The highest BCUT2D eigenvalue weighted by Gasteiger charge is 2.20. The molecule has 3 heteroatoms. The molecule has 1 unspecified atom stereocenters. The SMILES string of the molecule is CCNC(C)c1ccc(OC)c(CN(C)C2CCCC2)c1. The highest BCUT2D eigenvalue weighted by Crippen LogP contribution is 2.28. The van der Waals surface area contributed by atoms with E-state index in [-0.39, 0.29) is 0 Å². The van der Waals surface area contributed by atoms with Gasteiger partial charge in [-0.2, -0.15) is 0 Å². The van der Waals surface area contributed by atoms with E-state index in [1.165, 1.54) is 36.8 Å². The summed E-state index contributed by atoms with van der Waals surface area (Å²) in [6.45, 7) is 6.33. The van der Waals surface area contributed by atoms with E-state index in [1.807, 2.05) is 0 Å². The van der Waals surface area contributed by atoms with E-state index in [9.17, 15) is 0 Å². The van der Waals surface area contributed by atoms with E-state index < -0.39 is 0 Å². The lowest BCUT2D eigenvalue weighted by Gasteiger charge is -2.25. The fraction of sp³-hybridized carbons (Fsp3) is 0.667. The second-order valence-corrected chi connectivity index (χ2v) is 6.20. The summed E-state index contributed by atoms with van der Waals surface area (Å²) in [6, 6.07) is 7.71. The quantitative estimate of drug-likeness (QED) is 0.828. The van der Waals surface area contributed by atoms with Gasteiger partial charge in [0.05, 0.1) is 7.11 Å². The zero-order valence-corrected chi connectivity index (χ0v) is 14.0. The molecular weight excluding hydrogens is 260 g/mol. The Morgan fingerprint density at radius 3 is 2.67 bits per heavy atom. The molecule has 1 fully saturated rings. The number of hydrogen-bond acceptors (Lipinski definition) is 3. The lowest BCUT2D eigenvalue weighted by Crippen LogP contribution is -2.28. The lowest BCUT2D eigenvalue weighted by atomic mass is 10.0. The van der Waals surface area contributed by atoms with Crippen molar-refractivity contribution in [3.05, 3.63) is 29.3 Å². The molecule has 0 aliphatic heterocycles. The minimum Gasteiger partial charge on any atom is -0.496 e. The topological polar surface area (TPSA) is 24.5 Å². The van der Waals surface area contributed by atoms with Crippen LogP contribution < -0.4 is 10.1 Å². The summed E-state index contributed by atoms with van der Waals surface area (Å²) < 4.78 is 5.56. The molecule has 1 aromatic rings. The Kier molecular flexibility index (Phi) is 6.07. The highest BCUT2D eigenvalue weighted by molar-refractivity contribution is 5.38. The Morgan fingerprint density at radius 2 is 2.05 bits per heavy atom.